The van der Waals surface area contributed by atoms with Gasteiger partial charge in [0.05, 0.1) is 12.7 Å². The van der Waals surface area contributed by atoms with E-state index in [0.717, 1.165) is 11.3 Å². The highest BCUT2D eigenvalue weighted by molar-refractivity contribution is 5.30. The highest BCUT2D eigenvalue weighted by Gasteiger charge is 2.20. The Morgan fingerprint density at radius 3 is 2.31 bits per heavy atom. The second-order valence-corrected chi connectivity index (χ2v) is 3.21. The number of nitrogens with two attached hydrogens (primary N) is 1. The highest BCUT2D eigenvalue weighted by Crippen LogP contribution is 2.21. The summed E-state index contributed by atoms with van der Waals surface area (Å²) in [5.41, 5.74) is 5.28. The zero-order valence-corrected chi connectivity index (χ0v) is 7.95. The summed E-state index contributed by atoms with van der Waals surface area (Å²) in [7, 11) is 1.61. The minimum atomic E-state index is -0.952. The van der Waals surface area contributed by atoms with Gasteiger partial charge in [0.1, 0.15) is 5.75 Å². The van der Waals surface area contributed by atoms with Crippen molar-refractivity contribution >= 4 is 0 Å². The van der Waals surface area contributed by atoms with Crippen molar-refractivity contribution in [2.45, 2.75) is 12.5 Å². The molecular weight excluding hydrogens is 166 g/mol. The van der Waals surface area contributed by atoms with Crippen molar-refractivity contribution in [3.05, 3.63) is 29.8 Å². The minimum Gasteiger partial charge on any atom is -0.497 e. The summed E-state index contributed by atoms with van der Waals surface area (Å²) in [4.78, 5) is 0. The van der Waals surface area contributed by atoms with Crippen LogP contribution in [-0.4, -0.2) is 18.8 Å². The molecule has 0 aliphatic carbocycles. The average Bonchev–Trinajstić information content (AvgIpc) is 2.18. The van der Waals surface area contributed by atoms with Crippen LogP contribution in [0.4, 0.5) is 0 Å². The standard InChI is InChI=1S/C10H15NO2/c1-10(12,7-11)8-3-5-9(13-2)6-4-8/h3-6,12H,7,11H2,1-2H3/t10-/m1/s1. The Morgan fingerprint density at radius 1 is 1.38 bits per heavy atom. The van der Waals surface area contributed by atoms with Gasteiger partial charge in [0.2, 0.25) is 0 Å². The van der Waals surface area contributed by atoms with E-state index >= 15 is 0 Å². The first-order valence-electron chi connectivity index (χ1n) is 4.17. The van der Waals surface area contributed by atoms with Crippen molar-refractivity contribution in [2.24, 2.45) is 5.73 Å². The van der Waals surface area contributed by atoms with Gasteiger partial charge in [-0.1, -0.05) is 12.1 Å². The van der Waals surface area contributed by atoms with E-state index in [9.17, 15) is 5.11 Å². The molecule has 0 unspecified atom stereocenters. The Kier molecular flexibility index (Phi) is 2.90. The van der Waals surface area contributed by atoms with Gasteiger partial charge in [-0.05, 0) is 24.6 Å². The van der Waals surface area contributed by atoms with E-state index in [-0.39, 0.29) is 6.54 Å². The fourth-order valence-electron chi connectivity index (χ4n) is 1.07. The monoisotopic (exact) mass is 181 g/mol. The van der Waals surface area contributed by atoms with E-state index in [1.165, 1.54) is 0 Å². The molecule has 0 aromatic heterocycles. The van der Waals surface area contributed by atoms with Crippen LogP contribution in [0.1, 0.15) is 12.5 Å². The maximum Gasteiger partial charge on any atom is 0.118 e. The van der Waals surface area contributed by atoms with Gasteiger partial charge in [-0.15, -0.1) is 0 Å². The Balaban J connectivity index is 2.92. The van der Waals surface area contributed by atoms with E-state index in [1.807, 2.05) is 12.1 Å². The molecule has 0 aliphatic rings. The van der Waals surface area contributed by atoms with Crippen LogP contribution < -0.4 is 10.5 Å². The summed E-state index contributed by atoms with van der Waals surface area (Å²) in [6.45, 7) is 1.90. The Hall–Kier alpha value is -1.06. The third-order valence-electron chi connectivity index (χ3n) is 2.11. The molecule has 0 aliphatic heterocycles. The van der Waals surface area contributed by atoms with Crippen molar-refractivity contribution < 1.29 is 9.84 Å². The SMILES string of the molecule is COc1ccc([C@](C)(O)CN)cc1. The predicted octanol–water partition coefficient (Wildman–Crippen LogP) is 0.861. The van der Waals surface area contributed by atoms with Crippen LogP contribution in [0, 0.1) is 0 Å². The lowest BCUT2D eigenvalue weighted by atomic mass is 9.96. The second kappa shape index (κ2) is 3.77. The second-order valence-electron chi connectivity index (χ2n) is 3.21. The van der Waals surface area contributed by atoms with E-state index < -0.39 is 5.60 Å². The molecule has 13 heavy (non-hydrogen) atoms. The number of benzene rings is 1. The van der Waals surface area contributed by atoms with Crippen molar-refractivity contribution in [1.29, 1.82) is 0 Å². The molecule has 1 aromatic carbocycles. The van der Waals surface area contributed by atoms with Crippen LogP contribution in [0.3, 0.4) is 0 Å². The lowest BCUT2D eigenvalue weighted by Gasteiger charge is -2.21. The first-order chi connectivity index (χ1) is 6.10. The summed E-state index contributed by atoms with van der Waals surface area (Å²) >= 11 is 0. The van der Waals surface area contributed by atoms with Gasteiger partial charge < -0.3 is 15.6 Å². The molecule has 1 atom stereocenters. The number of hydrogen-bond donors (Lipinski definition) is 2. The zero-order chi connectivity index (χ0) is 9.90. The van der Waals surface area contributed by atoms with E-state index in [4.69, 9.17) is 10.5 Å². The molecule has 0 saturated heterocycles. The zero-order valence-electron chi connectivity index (χ0n) is 7.95. The number of hydrogen-bond acceptors (Lipinski definition) is 3. The van der Waals surface area contributed by atoms with Gasteiger partial charge in [-0.2, -0.15) is 0 Å². The van der Waals surface area contributed by atoms with Gasteiger partial charge in [-0.25, -0.2) is 0 Å². The Labute approximate surface area is 78.1 Å². The van der Waals surface area contributed by atoms with Crippen LogP contribution in [0.15, 0.2) is 24.3 Å². The summed E-state index contributed by atoms with van der Waals surface area (Å²) in [6.07, 6.45) is 0. The lowest BCUT2D eigenvalue weighted by molar-refractivity contribution is 0.0668. The van der Waals surface area contributed by atoms with Crippen LogP contribution >= 0.6 is 0 Å². The minimum absolute atomic E-state index is 0.208. The van der Waals surface area contributed by atoms with Crippen LogP contribution in [-0.2, 0) is 5.60 Å². The van der Waals surface area contributed by atoms with Crippen LogP contribution in [0.2, 0.25) is 0 Å². The van der Waals surface area contributed by atoms with Crippen molar-refractivity contribution in [3.8, 4) is 5.75 Å². The van der Waals surface area contributed by atoms with E-state index in [0.29, 0.717) is 0 Å². The van der Waals surface area contributed by atoms with Gasteiger partial charge in [0.25, 0.3) is 0 Å². The molecule has 3 N–H and O–H groups in total. The molecule has 0 heterocycles. The normalized spacial score (nSPS) is 15.1. The maximum absolute atomic E-state index is 9.79. The molecule has 1 aromatic rings. The smallest absolute Gasteiger partial charge is 0.118 e. The van der Waals surface area contributed by atoms with Crippen molar-refractivity contribution in [2.75, 3.05) is 13.7 Å². The van der Waals surface area contributed by atoms with Crippen molar-refractivity contribution in [1.82, 2.24) is 0 Å². The summed E-state index contributed by atoms with van der Waals surface area (Å²) in [6, 6.07) is 7.23. The third kappa shape index (κ3) is 2.20. The largest absolute Gasteiger partial charge is 0.497 e. The van der Waals surface area contributed by atoms with Gasteiger partial charge in [-0.3, -0.25) is 0 Å². The molecule has 0 bridgehead atoms. The van der Waals surface area contributed by atoms with E-state index in [1.54, 1.807) is 26.2 Å². The summed E-state index contributed by atoms with van der Waals surface area (Å²) in [5.74, 6) is 0.775. The molecule has 0 radical (unpaired) electrons. The fourth-order valence-corrected chi connectivity index (χ4v) is 1.07. The predicted molar refractivity (Wildman–Crippen MR) is 51.6 cm³/mol. The van der Waals surface area contributed by atoms with Crippen molar-refractivity contribution in [3.63, 3.8) is 0 Å². The number of rotatable bonds is 3. The molecular formula is C10H15NO2. The fraction of sp³-hybridized carbons (Fsp3) is 0.400. The first kappa shape index (κ1) is 10.0. The maximum atomic E-state index is 9.79. The molecule has 0 spiro atoms. The van der Waals surface area contributed by atoms with Gasteiger partial charge in [0, 0.05) is 6.54 Å². The Bertz CT molecular complexity index is 267. The number of ether oxygens (including phenoxy) is 1. The summed E-state index contributed by atoms with van der Waals surface area (Å²) in [5, 5.41) is 9.79. The molecule has 0 fully saturated rings. The van der Waals surface area contributed by atoms with Crippen LogP contribution in [0.5, 0.6) is 5.75 Å². The van der Waals surface area contributed by atoms with E-state index in [2.05, 4.69) is 0 Å². The number of aliphatic hydroxyl groups is 1. The average molecular weight is 181 g/mol. The first-order valence-corrected chi connectivity index (χ1v) is 4.17. The molecule has 1 rings (SSSR count). The topological polar surface area (TPSA) is 55.5 Å². The number of methoxy groups -OCH3 is 1. The lowest BCUT2D eigenvalue weighted by Crippen LogP contribution is -2.31. The molecule has 0 amide bonds. The van der Waals surface area contributed by atoms with Gasteiger partial charge in [0.15, 0.2) is 0 Å². The molecule has 3 heteroatoms. The third-order valence-corrected chi connectivity index (χ3v) is 2.11. The summed E-state index contributed by atoms with van der Waals surface area (Å²) < 4.78 is 5.00. The molecule has 3 nitrogen and oxygen atoms in total. The van der Waals surface area contributed by atoms with Crippen LogP contribution in [0.25, 0.3) is 0 Å². The quantitative estimate of drug-likeness (QED) is 0.727. The molecule has 0 saturated carbocycles. The van der Waals surface area contributed by atoms with Gasteiger partial charge >= 0.3 is 0 Å². The molecule has 72 valence electrons. The Morgan fingerprint density at radius 2 is 1.92 bits per heavy atom. The highest BCUT2D eigenvalue weighted by atomic mass is 16.5.